The first-order valence-corrected chi connectivity index (χ1v) is 9.05. The third kappa shape index (κ3) is 11.1. The van der Waals surface area contributed by atoms with Crippen LogP contribution in [0.5, 0.6) is 0 Å². The second-order valence-corrected chi connectivity index (χ2v) is 6.00. The van der Waals surface area contributed by atoms with Crippen molar-refractivity contribution in [2.75, 3.05) is 26.2 Å². The summed E-state index contributed by atoms with van der Waals surface area (Å²) in [6, 6.07) is 0. The van der Waals surface area contributed by atoms with Gasteiger partial charge >= 0.3 is 0 Å². The van der Waals surface area contributed by atoms with Crippen LogP contribution in [0, 0.1) is 0 Å². The molecule has 0 heterocycles. The topological polar surface area (TPSA) is 122 Å². The van der Waals surface area contributed by atoms with Gasteiger partial charge in [-0.05, 0) is 25.2 Å². The molecule has 10 heteroatoms. The van der Waals surface area contributed by atoms with Crippen molar-refractivity contribution in [3.63, 3.8) is 0 Å². The van der Waals surface area contributed by atoms with Gasteiger partial charge in [0.25, 0.3) is 0 Å². The second-order valence-electron chi connectivity index (χ2n) is 6.00. The van der Waals surface area contributed by atoms with Crippen molar-refractivity contribution in [3.05, 3.63) is 25.6 Å². The van der Waals surface area contributed by atoms with Gasteiger partial charge in [0.15, 0.2) is 0 Å². The maximum absolute atomic E-state index is 11.7. The Hall–Kier alpha value is -2.72. The molecule has 0 spiro atoms. The molecule has 0 unspecified atom stereocenters. The zero-order valence-corrected chi connectivity index (χ0v) is 16.1. The number of nitrogens with zero attached hydrogens (tertiary/aromatic N) is 4. The van der Waals surface area contributed by atoms with Crippen molar-refractivity contribution in [1.29, 1.82) is 0 Å². The number of hydrogen-bond acceptors (Lipinski definition) is 6. The smallest absolute Gasteiger partial charge is 0.247 e. The molecule has 0 fully saturated rings. The number of rotatable bonds is 17. The van der Waals surface area contributed by atoms with Gasteiger partial charge in [0.1, 0.15) is 0 Å². The van der Waals surface area contributed by atoms with E-state index < -0.39 is 11.8 Å². The van der Waals surface area contributed by atoms with E-state index in [1.807, 2.05) is 0 Å². The summed E-state index contributed by atoms with van der Waals surface area (Å²) in [5, 5.41) is 20.6. The lowest BCUT2D eigenvalue weighted by atomic mass is 10.2. The highest BCUT2D eigenvalue weighted by atomic mass is 16.5. The van der Waals surface area contributed by atoms with Crippen LogP contribution in [0.1, 0.15) is 38.5 Å². The molecule has 0 saturated carbocycles. The Morgan fingerprint density at radius 2 is 1.04 bits per heavy atom. The Morgan fingerprint density at radius 1 is 0.679 bits per heavy atom. The first-order chi connectivity index (χ1) is 13.4. The van der Waals surface area contributed by atoms with Crippen LogP contribution >= 0.6 is 0 Å². The Bertz CT molecular complexity index is 466. The lowest BCUT2D eigenvalue weighted by molar-refractivity contribution is -0.166. The van der Waals surface area contributed by atoms with E-state index in [9.17, 15) is 29.6 Å². The number of hydrogen-bond donors (Lipinski definition) is 2. The van der Waals surface area contributed by atoms with E-state index in [4.69, 9.17) is 0 Å². The van der Waals surface area contributed by atoms with Crippen LogP contribution in [0.25, 0.3) is 0 Å². The monoisotopic (exact) mass is 398 g/mol. The maximum atomic E-state index is 11.7. The van der Waals surface area contributed by atoms with Crippen molar-refractivity contribution in [2.45, 2.75) is 38.5 Å². The van der Waals surface area contributed by atoms with Gasteiger partial charge in [-0.2, -0.15) is 0 Å². The fourth-order valence-corrected chi connectivity index (χ4v) is 2.21. The third-order valence-electron chi connectivity index (χ3n) is 3.97. The van der Waals surface area contributed by atoms with Crippen LogP contribution in [0.2, 0.25) is 0 Å². The van der Waals surface area contributed by atoms with Crippen molar-refractivity contribution in [2.24, 2.45) is 0 Å². The molecule has 0 rings (SSSR count). The maximum Gasteiger partial charge on any atom is 0.247 e. The zero-order valence-electron chi connectivity index (χ0n) is 16.1. The summed E-state index contributed by atoms with van der Waals surface area (Å²) in [6.07, 6.45) is 6.23. The molecule has 0 aromatic rings. The summed E-state index contributed by atoms with van der Waals surface area (Å²) in [5.74, 6) is -0.963. The number of carbonyl (C=O) groups excluding carboxylic acids is 4. The largest absolute Gasteiger partial charge is 0.322 e. The molecule has 0 aromatic carbocycles. The fourth-order valence-electron chi connectivity index (χ4n) is 2.21. The van der Waals surface area contributed by atoms with Crippen molar-refractivity contribution >= 4 is 24.6 Å². The second kappa shape index (κ2) is 15.3. The summed E-state index contributed by atoms with van der Waals surface area (Å²) >= 11 is 0. The average Bonchev–Trinajstić information content (AvgIpc) is 2.71. The third-order valence-corrected chi connectivity index (χ3v) is 3.97. The number of hydroxylamine groups is 4. The van der Waals surface area contributed by atoms with Gasteiger partial charge in [-0.25, -0.2) is 10.1 Å². The summed E-state index contributed by atoms with van der Waals surface area (Å²) in [7, 11) is 0. The minimum Gasteiger partial charge on any atom is -0.322 e. The van der Waals surface area contributed by atoms with Crippen molar-refractivity contribution in [1.82, 2.24) is 19.9 Å². The van der Waals surface area contributed by atoms with Gasteiger partial charge in [-0.3, -0.25) is 29.6 Å². The fraction of sp³-hybridized carbons (Fsp3) is 0.556. The summed E-state index contributed by atoms with van der Waals surface area (Å²) in [5.41, 5.74) is 0. The molecule has 0 atom stereocenters. The molecular weight excluding hydrogens is 368 g/mol. The van der Waals surface area contributed by atoms with E-state index in [-0.39, 0.29) is 39.0 Å². The molecule has 0 bridgehead atoms. The highest BCUT2D eigenvalue weighted by molar-refractivity contribution is 5.75. The lowest BCUT2D eigenvalue weighted by Gasteiger charge is -2.18. The molecule has 4 amide bonds. The van der Waals surface area contributed by atoms with Gasteiger partial charge in [-0.15, -0.1) is 0 Å². The SMILES string of the molecule is C=CN(C=O)CCC(=O)N(O)CCCCCCN(O)C(=O)CCN(C=C)C=O. The molecule has 0 aromatic heterocycles. The summed E-state index contributed by atoms with van der Waals surface area (Å²) in [4.78, 5) is 47.0. The first kappa shape index (κ1) is 25.3. The van der Waals surface area contributed by atoms with Crippen LogP contribution in [0.4, 0.5) is 0 Å². The quantitative estimate of drug-likeness (QED) is 0.163. The van der Waals surface area contributed by atoms with Gasteiger partial charge in [0, 0.05) is 39.0 Å². The zero-order chi connectivity index (χ0) is 21.4. The van der Waals surface area contributed by atoms with Crippen LogP contribution in [-0.2, 0) is 19.2 Å². The van der Waals surface area contributed by atoms with Gasteiger partial charge < -0.3 is 9.80 Å². The normalized spacial score (nSPS) is 9.93. The number of amides is 4. The number of unbranched alkanes of at least 4 members (excludes halogenated alkanes) is 3. The molecular formula is C18H30N4O6. The van der Waals surface area contributed by atoms with Crippen LogP contribution in [0.15, 0.2) is 25.6 Å². The molecule has 2 N–H and O–H groups in total. The molecule has 0 saturated heterocycles. The molecule has 0 aliphatic heterocycles. The van der Waals surface area contributed by atoms with Crippen LogP contribution < -0.4 is 0 Å². The van der Waals surface area contributed by atoms with Gasteiger partial charge in [-0.1, -0.05) is 26.0 Å². The van der Waals surface area contributed by atoms with Gasteiger partial charge in [0.2, 0.25) is 24.6 Å². The van der Waals surface area contributed by atoms with E-state index in [0.717, 1.165) is 0 Å². The predicted octanol–water partition coefficient (Wildman–Crippen LogP) is 0.966. The van der Waals surface area contributed by atoms with E-state index in [1.54, 1.807) is 0 Å². The highest BCUT2D eigenvalue weighted by Crippen LogP contribution is 2.04. The molecule has 0 aliphatic rings. The Kier molecular flexibility index (Phi) is 13.9. The minimum absolute atomic E-state index is 0.00374. The van der Waals surface area contributed by atoms with Crippen LogP contribution in [0.3, 0.4) is 0 Å². The molecule has 158 valence electrons. The molecule has 0 radical (unpaired) electrons. The summed E-state index contributed by atoms with van der Waals surface area (Å²) < 4.78 is 0. The van der Waals surface area contributed by atoms with E-state index in [0.29, 0.717) is 48.6 Å². The Balaban J connectivity index is 3.83. The summed E-state index contributed by atoms with van der Waals surface area (Å²) in [6.45, 7) is 7.49. The lowest BCUT2D eigenvalue weighted by Crippen LogP contribution is -2.31. The van der Waals surface area contributed by atoms with E-state index in [2.05, 4.69) is 13.2 Å². The Labute approximate surface area is 165 Å². The van der Waals surface area contributed by atoms with Crippen molar-refractivity contribution < 1.29 is 29.6 Å². The van der Waals surface area contributed by atoms with Crippen LogP contribution in [-0.4, -0.2) is 81.2 Å². The van der Waals surface area contributed by atoms with Gasteiger partial charge in [0.05, 0.1) is 0 Å². The predicted molar refractivity (Wildman–Crippen MR) is 101 cm³/mol. The standard InChI is InChI=1S/C18H30N4O6/c1-3-19(15-23)13-9-17(25)21(27)11-7-5-6-8-12-22(28)18(26)10-14-20(4-2)16-24/h3-4,15-16,27-28H,1-2,5-14H2. The minimum atomic E-state index is -0.482. The number of carbonyl (C=O) groups is 4. The van der Waals surface area contributed by atoms with E-state index >= 15 is 0 Å². The molecule has 0 aliphatic carbocycles. The highest BCUT2D eigenvalue weighted by Gasteiger charge is 2.13. The molecule has 10 nitrogen and oxygen atoms in total. The Morgan fingerprint density at radius 3 is 1.32 bits per heavy atom. The van der Waals surface area contributed by atoms with E-state index in [1.165, 1.54) is 22.2 Å². The van der Waals surface area contributed by atoms with Crippen molar-refractivity contribution in [3.8, 4) is 0 Å². The first-order valence-electron chi connectivity index (χ1n) is 9.05. The average molecular weight is 398 g/mol. The molecule has 28 heavy (non-hydrogen) atoms.